The Morgan fingerprint density at radius 2 is 2.08 bits per heavy atom. The standard InChI is InChI=1S/C17H18N6O/c1-24-15-5-3-14(4-6-15)22-17(18)20-12-13-7-9-19-16(11-13)23-10-2-8-21-23/h2-11H,12H2,1H3,(H3,18,20,22). The summed E-state index contributed by atoms with van der Waals surface area (Å²) < 4.78 is 6.82. The SMILES string of the molecule is COc1ccc(NC(N)=NCc2ccnc(-n3cccn3)c2)cc1. The number of nitrogens with zero attached hydrogens (tertiary/aromatic N) is 4. The number of aromatic nitrogens is 3. The highest BCUT2D eigenvalue weighted by atomic mass is 16.5. The van der Waals surface area contributed by atoms with Crippen LogP contribution in [0.3, 0.4) is 0 Å². The average molecular weight is 322 g/mol. The van der Waals surface area contributed by atoms with Gasteiger partial charge in [-0.05, 0) is 48.0 Å². The number of anilines is 1. The Hall–Kier alpha value is -3.35. The summed E-state index contributed by atoms with van der Waals surface area (Å²) in [4.78, 5) is 8.64. The number of guanidine groups is 1. The molecule has 7 nitrogen and oxygen atoms in total. The van der Waals surface area contributed by atoms with Crippen molar-refractivity contribution in [3.8, 4) is 11.6 Å². The van der Waals surface area contributed by atoms with E-state index in [1.54, 1.807) is 24.2 Å². The average Bonchev–Trinajstić information content (AvgIpc) is 3.16. The van der Waals surface area contributed by atoms with E-state index in [-0.39, 0.29) is 0 Å². The molecule has 0 saturated carbocycles. The van der Waals surface area contributed by atoms with Gasteiger partial charge in [-0.15, -0.1) is 0 Å². The van der Waals surface area contributed by atoms with Gasteiger partial charge in [0.2, 0.25) is 0 Å². The number of nitrogens with two attached hydrogens (primary N) is 1. The summed E-state index contributed by atoms with van der Waals surface area (Å²) in [7, 11) is 1.63. The van der Waals surface area contributed by atoms with Gasteiger partial charge in [0.25, 0.3) is 0 Å². The zero-order valence-electron chi connectivity index (χ0n) is 13.3. The van der Waals surface area contributed by atoms with Crippen LogP contribution in [-0.4, -0.2) is 27.8 Å². The van der Waals surface area contributed by atoms with Gasteiger partial charge in [0.15, 0.2) is 11.8 Å². The van der Waals surface area contributed by atoms with Gasteiger partial charge in [-0.1, -0.05) is 0 Å². The second-order valence-corrected chi connectivity index (χ2v) is 5.03. The minimum atomic E-state index is 0.345. The molecule has 0 amide bonds. The molecule has 0 aliphatic heterocycles. The molecule has 3 N–H and O–H groups in total. The van der Waals surface area contributed by atoms with Crippen LogP contribution in [0, 0.1) is 0 Å². The van der Waals surface area contributed by atoms with Gasteiger partial charge in [0.1, 0.15) is 5.75 Å². The van der Waals surface area contributed by atoms with Crippen LogP contribution < -0.4 is 15.8 Å². The summed E-state index contributed by atoms with van der Waals surface area (Å²) in [5.41, 5.74) is 7.78. The number of benzene rings is 1. The summed E-state index contributed by atoms with van der Waals surface area (Å²) in [5, 5.41) is 7.21. The molecule has 0 aliphatic rings. The van der Waals surface area contributed by atoms with Gasteiger partial charge in [0.05, 0.1) is 13.7 Å². The Kier molecular flexibility index (Phi) is 4.71. The van der Waals surface area contributed by atoms with E-state index in [1.807, 2.05) is 48.7 Å². The molecular weight excluding hydrogens is 304 g/mol. The second-order valence-electron chi connectivity index (χ2n) is 5.03. The van der Waals surface area contributed by atoms with Crippen molar-refractivity contribution in [1.82, 2.24) is 14.8 Å². The van der Waals surface area contributed by atoms with E-state index in [1.165, 1.54) is 0 Å². The van der Waals surface area contributed by atoms with E-state index < -0.39 is 0 Å². The summed E-state index contributed by atoms with van der Waals surface area (Å²) in [5.74, 6) is 1.88. The fraction of sp³-hybridized carbons (Fsp3) is 0.118. The molecule has 1 aromatic carbocycles. The number of ether oxygens (including phenoxy) is 1. The van der Waals surface area contributed by atoms with Crippen molar-refractivity contribution < 1.29 is 4.74 Å². The molecule has 3 aromatic rings. The summed E-state index contributed by atoms with van der Waals surface area (Å²) in [6.45, 7) is 0.450. The minimum Gasteiger partial charge on any atom is -0.497 e. The molecule has 0 spiro atoms. The van der Waals surface area contributed by atoms with Crippen molar-refractivity contribution in [2.24, 2.45) is 10.7 Å². The number of hydrogen-bond acceptors (Lipinski definition) is 4. The number of pyridine rings is 1. The Morgan fingerprint density at radius 1 is 1.25 bits per heavy atom. The Morgan fingerprint density at radius 3 is 2.79 bits per heavy atom. The Bertz CT molecular complexity index is 811. The predicted octanol–water partition coefficient (Wildman–Crippen LogP) is 2.20. The fourth-order valence-corrected chi connectivity index (χ4v) is 2.13. The molecule has 24 heavy (non-hydrogen) atoms. The lowest BCUT2D eigenvalue weighted by Gasteiger charge is -2.07. The second kappa shape index (κ2) is 7.28. The molecule has 2 aromatic heterocycles. The van der Waals surface area contributed by atoms with Gasteiger partial charge in [0, 0.05) is 24.3 Å². The van der Waals surface area contributed by atoms with Crippen LogP contribution in [0.15, 0.2) is 66.0 Å². The van der Waals surface area contributed by atoms with Crippen LogP contribution in [0.4, 0.5) is 5.69 Å². The fourth-order valence-electron chi connectivity index (χ4n) is 2.13. The lowest BCUT2D eigenvalue weighted by atomic mass is 10.2. The van der Waals surface area contributed by atoms with Crippen molar-refractivity contribution >= 4 is 11.6 Å². The van der Waals surface area contributed by atoms with Crippen LogP contribution in [0.1, 0.15) is 5.56 Å². The zero-order chi connectivity index (χ0) is 16.8. The lowest BCUT2D eigenvalue weighted by Crippen LogP contribution is -2.22. The molecule has 0 radical (unpaired) electrons. The quantitative estimate of drug-likeness (QED) is 0.555. The van der Waals surface area contributed by atoms with Gasteiger partial charge in [-0.2, -0.15) is 5.10 Å². The molecular formula is C17H18N6O. The van der Waals surface area contributed by atoms with Gasteiger partial charge >= 0.3 is 0 Å². The van der Waals surface area contributed by atoms with E-state index in [0.717, 1.165) is 22.8 Å². The first-order chi connectivity index (χ1) is 11.7. The van der Waals surface area contributed by atoms with Crippen LogP contribution in [0.5, 0.6) is 5.75 Å². The summed E-state index contributed by atoms with van der Waals surface area (Å²) >= 11 is 0. The van der Waals surface area contributed by atoms with Gasteiger partial charge < -0.3 is 15.8 Å². The maximum atomic E-state index is 5.93. The third kappa shape index (κ3) is 3.89. The van der Waals surface area contributed by atoms with Crippen molar-refractivity contribution in [3.63, 3.8) is 0 Å². The van der Waals surface area contributed by atoms with Crippen molar-refractivity contribution in [3.05, 3.63) is 66.6 Å². The third-order valence-electron chi connectivity index (χ3n) is 3.34. The highest BCUT2D eigenvalue weighted by molar-refractivity contribution is 5.92. The zero-order valence-corrected chi connectivity index (χ0v) is 13.3. The van der Waals surface area contributed by atoms with E-state index in [9.17, 15) is 0 Å². The van der Waals surface area contributed by atoms with Crippen molar-refractivity contribution in [1.29, 1.82) is 0 Å². The monoisotopic (exact) mass is 322 g/mol. The molecule has 0 fully saturated rings. The van der Waals surface area contributed by atoms with Crippen molar-refractivity contribution in [2.75, 3.05) is 12.4 Å². The van der Waals surface area contributed by atoms with Gasteiger partial charge in [-0.25, -0.2) is 14.7 Å². The molecule has 122 valence electrons. The van der Waals surface area contributed by atoms with Crippen LogP contribution >= 0.6 is 0 Å². The van der Waals surface area contributed by atoms with Gasteiger partial charge in [-0.3, -0.25) is 0 Å². The van der Waals surface area contributed by atoms with E-state index >= 15 is 0 Å². The first-order valence-corrected chi connectivity index (χ1v) is 7.40. The van der Waals surface area contributed by atoms with Crippen LogP contribution in [0.2, 0.25) is 0 Å². The third-order valence-corrected chi connectivity index (χ3v) is 3.34. The summed E-state index contributed by atoms with van der Waals surface area (Å²) in [6, 6.07) is 13.1. The first kappa shape index (κ1) is 15.5. The van der Waals surface area contributed by atoms with E-state index in [4.69, 9.17) is 10.5 Å². The molecule has 0 saturated heterocycles. The maximum absolute atomic E-state index is 5.93. The highest BCUT2D eigenvalue weighted by Crippen LogP contribution is 2.14. The number of nitrogens with one attached hydrogen (secondary N) is 1. The maximum Gasteiger partial charge on any atom is 0.193 e. The minimum absolute atomic E-state index is 0.345. The van der Waals surface area contributed by atoms with E-state index in [0.29, 0.717) is 12.5 Å². The molecule has 0 unspecified atom stereocenters. The predicted molar refractivity (Wildman–Crippen MR) is 93.3 cm³/mol. The number of rotatable bonds is 5. The molecule has 0 bridgehead atoms. The topological polar surface area (TPSA) is 90.4 Å². The largest absolute Gasteiger partial charge is 0.497 e. The molecule has 7 heteroatoms. The van der Waals surface area contributed by atoms with Crippen molar-refractivity contribution in [2.45, 2.75) is 6.54 Å². The molecule has 2 heterocycles. The Labute approximate surface area is 139 Å². The summed E-state index contributed by atoms with van der Waals surface area (Å²) in [6.07, 6.45) is 5.28. The molecule has 0 atom stereocenters. The number of aliphatic imine (C=N–C) groups is 1. The highest BCUT2D eigenvalue weighted by Gasteiger charge is 2.01. The van der Waals surface area contributed by atoms with E-state index in [2.05, 4.69) is 20.4 Å². The number of hydrogen-bond donors (Lipinski definition) is 2. The normalized spacial score (nSPS) is 11.3. The van der Waals surface area contributed by atoms with Crippen LogP contribution in [0.25, 0.3) is 5.82 Å². The van der Waals surface area contributed by atoms with Crippen LogP contribution in [-0.2, 0) is 6.54 Å². The molecule has 0 aliphatic carbocycles. The Balaban J connectivity index is 1.65. The number of methoxy groups -OCH3 is 1. The molecule has 3 rings (SSSR count). The first-order valence-electron chi connectivity index (χ1n) is 7.40. The lowest BCUT2D eigenvalue weighted by molar-refractivity contribution is 0.415. The smallest absolute Gasteiger partial charge is 0.193 e.